The van der Waals surface area contributed by atoms with Crippen LogP contribution in [0.5, 0.6) is 17.2 Å². The second kappa shape index (κ2) is 16.2. The van der Waals surface area contributed by atoms with Crippen LogP contribution in [-0.4, -0.2) is 61.8 Å². The molecule has 1 fully saturated rings. The number of carbonyl (C=O) groups is 2. The Balaban J connectivity index is 1.41. The van der Waals surface area contributed by atoms with Crippen LogP contribution in [-0.2, 0) is 25.4 Å². The summed E-state index contributed by atoms with van der Waals surface area (Å²) in [6.45, 7) is 12.5. The Morgan fingerprint density at radius 3 is 2.40 bits per heavy atom. The van der Waals surface area contributed by atoms with Crippen LogP contribution in [0.4, 0.5) is 5.69 Å². The lowest BCUT2D eigenvalue weighted by Gasteiger charge is -2.47. The molecule has 0 N–H and O–H groups in total. The third-order valence-corrected chi connectivity index (χ3v) is 14.6. The first-order chi connectivity index (χ1) is 22.6. The van der Waals surface area contributed by atoms with Gasteiger partial charge in [-0.1, -0.05) is 51.3 Å². The second-order valence-electron chi connectivity index (χ2n) is 11.1. The number of hydrogen-bond acceptors (Lipinski definition) is 10. The molecule has 1 saturated heterocycles. The lowest BCUT2D eigenvalue weighted by Crippen LogP contribution is -2.62. The van der Waals surface area contributed by atoms with Gasteiger partial charge >= 0.3 is 5.97 Å². The number of nitrogens with zero attached hydrogens (tertiary/aromatic N) is 2. The van der Waals surface area contributed by atoms with Crippen molar-refractivity contribution in [3.8, 4) is 17.2 Å². The van der Waals surface area contributed by atoms with Crippen molar-refractivity contribution in [2.75, 3.05) is 20.3 Å². The van der Waals surface area contributed by atoms with Crippen LogP contribution in [0.2, 0.25) is 18.1 Å². The van der Waals surface area contributed by atoms with Crippen molar-refractivity contribution in [3.63, 3.8) is 0 Å². The van der Waals surface area contributed by atoms with E-state index in [-0.39, 0.29) is 54.5 Å². The molecular weight excluding hydrogens is 641 g/mol. The number of esters is 1. The number of methoxy groups -OCH3 is 1. The monoisotopic (exact) mass is 682 g/mol. The normalized spacial score (nSPS) is 18.1. The molecule has 2 aliphatic rings. The van der Waals surface area contributed by atoms with Crippen molar-refractivity contribution in [2.24, 2.45) is 5.92 Å². The molecule has 0 bridgehead atoms. The van der Waals surface area contributed by atoms with Crippen LogP contribution in [0, 0.1) is 16.0 Å². The molecule has 0 radical (unpaired) electrons. The SMILES string of the molecule is C=CCOC(=O)C1=C(/C=C/COc2ccc(COc3ccc([N+](=O)[O-])cc3)cc2OC)S[C@@H]2[C@@H]([C@@H](C)O[Si](CC)(CC)CC)C(=O)N12. The molecule has 2 aliphatic heterocycles. The number of nitro benzene ring substituents is 1. The summed E-state index contributed by atoms with van der Waals surface area (Å²) in [5.41, 5.74) is 1.04. The highest BCUT2D eigenvalue weighted by atomic mass is 32.2. The minimum Gasteiger partial charge on any atom is -0.493 e. The second-order valence-corrected chi connectivity index (χ2v) is 17.0. The number of rotatable bonds is 18. The number of carbonyl (C=O) groups excluding carboxylic acids is 2. The number of non-ortho nitro benzene ring substituents is 1. The molecule has 2 heterocycles. The smallest absolute Gasteiger partial charge is 0.356 e. The van der Waals surface area contributed by atoms with Crippen molar-refractivity contribution in [1.82, 2.24) is 4.90 Å². The number of ether oxygens (including phenoxy) is 4. The van der Waals surface area contributed by atoms with Crippen molar-refractivity contribution in [2.45, 2.75) is 63.9 Å². The largest absolute Gasteiger partial charge is 0.493 e. The van der Waals surface area contributed by atoms with Gasteiger partial charge in [-0.15, -0.1) is 0 Å². The zero-order chi connectivity index (χ0) is 34.1. The number of nitro groups is 1. The summed E-state index contributed by atoms with van der Waals surface area (Å²) in [6, 6.07) is 14.2. The van der Waals surface area contributed by atoms with Gasteiger partial charge in [0.1, 0.15) is 36.6 Å². The van der Waals surface area contributed by atoms with E-state index in [1.54, 1.807) is 36.4 Å². The van der Waals surface area contributed by atoms with E-state index in [0.29, 0.717) is 22.2 Å². The highest BCUT2D eigenvalue weighted by molar-refractivity contribution is 8.04. The summed E-state index contributed by atoms with van der Waals surface area (Å²) in [6.07, 6.45) is 4.80. The van der Waals surface area contributed by atoms with Gasteiger partial charge in [-0.3, -0.25) is 19.8 Å². The Bertz CT molecular complexity index is 1520. The van der Waals surface area contributed by atoms with E-state index < -0.39 is 19.2 Å². The molecule has 1 amide bonds. The van der Waals surface area contributed by atoms with Gasteiger partial charge in [0.25, 0.3) is 5.69 Å². The van der Waals surface area contributed by atoms with Gasteiger partial charge in [-0.2, -0.15) is 0 Å². The van der Waals surface area contributed by atoms with Gasteiger partial charge in [0.2, 0.25) is 5.91 Å². The van der Waals surface area contributed by atoms with E-state index in [9.17, 15) is 19.7 Å². The molecule has 13 heteroatoms. The number of hydrogen-bond donors (Lipinski definition) is 0. The summed E-state index contributed by atoms with van der Waals surface area (Å²) in [7, 11) is -0.394. The minimum atomic E-state index is -1.93. The van der Waals surface area contributed by atoms with Crippen molar-refractivity contribution < 1.29 is 37.9 Å². The Labute approximate surface area is 280 Å². The number of fused-ring (bicyclic) bond motifs is 1. The molecule has 4 rings (SSSR count). The fraction of sp³-hybridized carbons (Fsp3) is 0.412. The van der Waals surface area contributed by atoms with Gasteiger partial charge in [0.05, 0.1) is 24.1 Å². The third-order valence-electron chi connectivity index (χ3n) is 8.49. The summed E-state index contributed by atoms with van der Waals surface area (Å²) in [4.78, 5) is 39.1. The number of β-lactam (4-membered cyclic amide) rings is 1. The number of amides is 1. The Hall–Kier alpha value is -4.07. The maximum absolute atomic E-state index is 13.4. The first-order valence-electron chi connectivity index (χ1n) is 15.6. The van der Waals surface area contributed by atoms with Crippen LogP contribution in [0.1, 0.15) is 33.3 Å². The summed E-state index contributed by atoms with van der Waals surface area (Å²) in [5.74, 6) is 0.457. The van der Waals surface area contributed by atoms with E-state index in [1.165, 1.54) is 42.0 Å². The number of benzene rings is 2. The predicted octanol–water partition coefficient (Wildman–Crippen LogP) is 7.00. The predicted molar refractivity (Wildman–Crippen MR) is 183 cm³/mol. The zero-order valence-electron chi connectivity index (χ0n) is 27.4. The Kier molecular flexibility index (Phi) is 12.3. The minimum absolute atomic E-state index is 0.00764. The molecule has 0 saturated carbocycles. The van der Waals surface area contributed by atoms with Crippen molar-refractivity contribution in [1.29, 1.82) is 0 Å². The molecule has 0 aromatic heterocycles. The van der Waals surface area contributed by atoms with Gasteiger partial charge in [0.15, 0.2) is 19.8 Å². The quantitative estimate of drug-likeness (QED) is 0.0405. The lowest BCUT2D eigenvalue weighted by atomic mass is 9.92. The molecule has 3 atom stereocenters. The van der Waals surface area contributed by atoms with E-state index in [0.717, 1.165) is 23.7 Å². The summed E-state index contributed by atoms with van der Waals surface area (Å²) >= 11 is 1.46. The molecule has 0 unspecified atom stereocenters. The molecule has 0 spiro atoms. The first kappa shape index (κ1) is 35.8. The van der Waals surface area contributed by atoms with Crippen molar-refractivity contribution >= 4 is 37.6 Å². The fourth-order valence-corrected chi connectivity index (χ4v) is 10.1. The van der Waals surface area contributed by atoms with Crippen LogP contribution in [0.15, 0.2) is 77.9 Å². The van der Waals surface area contributed by atoms with Gasteiger partial charge in [-0.05, 0) is 67.0 Å². The van der Waals surface area contributed by atoms with Crippen LogP contribution in [0.25, 0.3) is 0 Å². The van der Waals surface area contributed by atoms with Gasteiger partial charge in [0, 0.05) is 17.0 Å². The molecule has 2 aromatic rings. The molecular formula is C34H42N2O9SSi. The number of thioether (sulfide) groups is 1. The van der Waals surface area contributed by atoms with Crippen molar-refractivity contribution in [3.05, 3.63) is 93.6 Å². The molecule has 0 aliphatic carbocycles. The average molecular weight is 683 g/mol. The van der Waals surface area contributed by atoms with Crippen LogP contribution >= 0.6 is 11.8 Å². The van der Waals surface area contributed by atoms with Crippen LogP contribution < -0.4 is 14.2 Å². The summed E-state index contributed by atoms with van der Waals surface area (Å²) < 4.78 is 29.2. The maximum Gasteiger partial charge on any atom is 0.356 e. The fourth-order valence-electron chi connectivity index (χ4n) is 5.62. The summed E-state index contributed by atoms with van der Waals surface area (Å²) in [5, 5.41) is 10.6. The molecule has 47 heavy (non-hydrogen) atoms. The average Bonchev–Trinajstić information content (AvgIpc) is 3.41. The first-order valence-corrected chi connectivity index (χ1v) is 19.1. The van der Waals surface area contributed by atoms with E-state index in [1.807, 2.05) is 13.0 Å². The highest BCUT2D eigenvalue weighted by Gasteiger charge is 2.58. The van der Waals surface area contributed by atoms with Crippen LogP contribution in [0.3, 0.4) is 0 Å². The van der Waals surface area contributed by atoms with E-state index in [4.69, 9.17) is 23.4 Å². The Morgan fingerprint density at radius 2 is 1.79 bits per heavy atom. The van der Waals surface area contributed by atoms with E-state index >= 15 is 0 Å². The third kappa shape index (κ3) is 8.08. The standard InChI is InChI=1S/C34H42N2O9SSi/c1-7-19-43-34(38)31-29(46-33-30(32(37)35(31)33)23(5)45-47(8-2,9-3)10-4)12-11-20-42-27-18-13-24(21-28(27)41-6)22-44-26-16-14-25(15-17-26)36(39)40/h7,11-18,21,23,30,33H,1,8-10,19-20,22H2,2-6H3/b12-11+/t23-,30+,33-/m1/s1. The number of allylic oxidation sites excluding steroid dienone is 1. The maximum atomic E-state index is 13.4. The zero-order valence-corrected chi connectivity index (χ0v) is 29.2. The Morgan fingerprint density at radius 1 is 1.09 bits per heavy atom. The topological polar surface area (TPSA) is 127 Å². The molecule has 11 nitrogen and oxygen atoms in total. The highest BCUT2D eigenvalue weighted by Crippen LogP contribution is 2.52. The molecule has 2 aromatic carbocycles. The van der Waals surface area contributed by atoms with Gasteiger partial charge in [-0.25, -0.2) is 4.79 Å². The van der Waals surface area contributed by atoms with Gasteiger partial charge < -0.3 is 23.4 Å². The van der Waals surface area contributed by atoms with E-state index in [2.05, 4.69) is 27.4 Å². The molecule has 252 valence electrons. The lowest BCUT2D eigenvalue weighted by molar-refractivity contribution is -0.384.